The van der Waals surface area contributed by atoms with Crippen LogP contribution >= 0.6 is 0 Å². The molecule has 0 N–H and O–H groups in total. The molecule has 11 rings (SSSR count). The van der Waals surface area contributed by atoms with Crippen LogP contribution in [-0.4, -0.2) is 34.9 Å². The van der Waals surface area contributed by atoms with Gasteiger partial charge in [0.15, 0.2) is 0 Å². The van der Waals surface area contributed by atoms with Gasteiger partial charge in [-0.15, -0.1) is 0 Å². The van der Waals surface area contributed by atoms with E-state index in [0.717, 1.165) is 40.1 Å². The maximum atomic E-state index is 14.6. The van der Waals surface area contributed by atoms with E-state index in [1.165, 1.54) is 4.90 Å². The molecule has 3 aromatic carbocycles. The van der Waals surface area contributed by atoms with Gasteiger partial charge in [0.05, 0.1) is 40.3 Å². The molecule has 8 aliphatic rings. The Morgan fingerprint density at radius 2 is 1.30 bits per heavy atom. The molecule has 44 heavy (non-hydrogen) atoms. The van der Waals surface area contributed by atoms with Crippen molar-refractivity contribution in [3.05, 3.63) is 113 Å². The number of hydrogen-bond acceptors (Lipinski definition) is 6. The Kier molecular flexibility index (Phi) is 5.01. The van der Waals surface area contributed by atoms with Crippen molar-refractivity contribution in [1.29, 1.82) is 5.26 Å². The highest BCUT2D eigenvalue weighted by Gasteiger charge is 2.68. The Labute approximate surface area is 253 Å². The van der Waals surface area contributed by atoms with Crippen LogP contribution in [0.4, 0.5) is 5.69 Å². The molecule has 8 nitrogen and oxygen atoms in total. The second kappa shape index (κ2) is 8.70. The van der Waals surface area contributed by atoms with Gasteiger partial charge in [-0.1, -0.05) is 72.8 Å². The lowest BCUT2D eigenvalue weighted by Crippen LogP contribution is -2.55. The molecular weight excluding hydrogens is 552 g/mol. The summed E-state index contributed by atoms with van der Waals surface area (Å²) in [5.41, 5.74) is 2.79. The lowest BCUT2D eigenvalue weighted by molar-refractivity contribution is -0.140. The van der Waals surface area contributed by atoms with E-state index in [-0.39, 0.29) is 46.7 Å². The number of carbonyl (C=O) groups is 4. The molecule has 0 aromatic heterocycles. The lowest BCUT2D eigenvalue weighted by Gasteiger charge is -2.52. The normalized spacial score (nSPS) is 33.9. The van der Waals surface area contributed by atoms with Gasteiger partial charge in [-0.3, -0.25) is 19.2 Å². The lowest BCUT2D eigenvalue weighted by atomic mass is 9.47. The second-order valence-electron chi connectivity index (χ2n) is 12.7. The Morgan fingerprint density at radius 3 is 1.89 bits per heavy atom. The molecule has 4 amide bonds. The van der Waals surface area contributed by atoms with Crippen molar-refractivity contribution in [2.24, 2.45) is 40.6 Å². The van der Waals surface area contributed by atoms with Gasteiger partial charge in [0.2, 0.25) is 11.8 Å². The molecule has 3 fully saturated rings. The van der Waals surface area contributed by atoms with Crippen LogP contribution in [0.25, 0.3) is 0 Å². The number of imide groups is 2. The monoisotopic (exact) mass is 578 g/mol. The van der Waals surface area contributed by atoms with Crippen molar-refractivity contribution in [2.45, 2.75) is 24.2 Å². The highest BCUT2D eigenvalue weighted by Crippen LogP contribution is 2.64. The van der Waals surface area contributed by atoms with E-state index in [4.69, 9.17) is 5.10 Å². The molecule has 6 atom stereocenters. The first-order chi connectivity index (χ1) is 21.5. The van der Waals surface area contributed by atoms with Gasteiger partial charge in [-0.05, 0) is 59.1 Å². The zero-order valence-corrected chi connectivity index (χ0v) is 23.5. The van der Waals surface area contributed by atoms with Gasteiger partial charge in [-0.25, -0.2) is 4.90 Å². The summed E-state index contributed by atoms with van der Waals surface area (Å²) in [5.74, 6) is -4.16. The van der Waals surface area contributed by atoms with E-state index in [1.54, 1.807) is 30.5 Å². The third kappa shape index (κ3) is 2.90. The maximum absolute atomic E-state index is 14.6. The Morgan fingerprint density at radius 1 is 0.727 bits per heavy atom. The molecule has 0 unspecified atom stereocenters. The average molecular weight is 579 g/mol. The summed E-state index contributed by atoms with van der Waals surface area (Å²) < 4.78 is 0. The largest absolute Gasteiger partial charge is 0.274 e. The third-order valence-corrected chi connectivity index (χ3v) is 11.1. The van der Waals surface area contributed by atoms with Crippen molar-refractivity contribution in [2.75, 3.05) is 4.90 Å². The highest BCUT2D eigenvalue weighted by molar-refractivity contribution is 6.25. The van der Waals surface area contributed by atoms with Gasteiger partial charge in [0, 0.05) is 12.1 Å². The van der Waals surface area contributed by atoms with Crippen LogP contribution in [0.2, 0.25) is 0 Å². The molecule has 2 saturated heterocycles. The number of hydrazone groups is 1. The molecule has 2 heterocycles. The Balaban J connectivity index is 1.25. The number of nitriles is 1. The molecule has 214 valence electrons. The number of nitrogens with zero attached hydrogens (tertiary/aromatic N) is 4. The summed E-state index contributed by atoms with van der Waals surface area (Å²) in [6.45, 7) is 0. The fourth-order valence-electron chi connectivity index (χ4n) is 9.37. The standard InChI is InChI=1S/C36H26N4O4/c37-17-21-7-1-6-12-26(21)39-32(41)30-29-22-8-2-4-10-24(22)36(31(30)35(39)44,25-11-5-3-9-23(25)29)18-38-40-33(42)27-19-13-14-20(16-15-19)28(27)34(40)43/h1-14,18-20,27-31H,15-16H2/b38-18-/t19-,20-,27-,28+,29?,30+,31-,36?/m0/s1. The van der Waals surface area contributed by atoms with Crippen molar-refractivity contribution in [1.82, 2.24) is 5.01 Å². The van der Waals surface area contributed by atoms with Crippen molar-refractivity contribution in [3.8, 4) is 6.07 Å². The van der Waals surface area contributed by atoms with Crippen LogP contribution in [0.5, 0.6) is 0 Å². The molecule has 1 saturated carbocycles. The molecule has 8 heteroatoms. The number of allylic oxidation sites excluding steroid dienone is 2. The zero-order valence-electron chi connectivity index (χ0n) is 23.5. The SMILES string of the molecule is N#Cc1ccccc1N1C(=O)[C@@H]2C3c4ccccc4C(/C=N\N4C(=O)[C@@H]5[C@H](C4=O)[C@H]4C=C[C@H]5CC4)(c4ccccc43)[C@@H]2C1=O. The zero-order chi connectivity index (χ0) is 29.9. The van der Waals surface area contributed by atoms with E-state index < -0.39 is 35.0 Å². The number of para-hydroxylation sites is 1. The average Bonchev–Trinajstić information content (AvgIpc) is 3.50. The number of anilines is 1. The summed E-state index contributed by atoms with van der Waals surface area (Å²) >= 11 is 0. The fraction of sp³-hybridized carbons (Fsp3) is 0.278. The molecule has 0 spiro atoms. The van der Waals surface area contributed by atoms with E-state index >= 15 is 0 Å². The number of rotatable bonds is 3. The minimum absolute atomic E-state index is 0.0264. The molecule has 3 aromatic rings. The summed E-state index contributed by atoms with van der Waals surface area (Å²) in [6, 6.07) is 24.3. The van der Waals surface area contributed by atoms with Crippen LogP contribution in [0.15, 0.2) is 90.0 Å². The first kappa shape index (κ1) is 25.3. The fourth-order valence-corrected chi connectivity index (χ4v) is 9.37. The minimum atomic E-state index is -1.22. The third-order valence-electron chi connectivity index (χ3n) is 11.1. The van der Waals surface area contributed by atoms with Crippen molar-refractivity contribution >= 4 is 35.5 Å². The minimum Gasteiger partial charge on any atom is -0.274 e. The first-order valence-electron chi connectivity index (χ1n) is 15.1. The summed E-state index contributed by atoms with van der Waals surface area (Å²) in [4.78, 5) is 57.7. The molecule has 0 radical (unpaired) electrons. The van der Waals surface area contributed by atoms with Crippen LogP contribution in [0.3, 0.4) is 0 Å². The summed E-state index contributed by atoms with van der Waals surface area (Å²) in [7, 11) is 0. The quantitative estimate of drug-likeness (QED) is 0.262. The van der Waals surface area contributed by atoms with Gasteiger partial charge in [-0.2, -0.15) is 15.4 Å². The van der Waals surface area contributed by atoms with Crippen LogP contribution in [-0.2, 0) is 24.6 Å². The summed E-state index contributed by atoms with van der Waals surface area (Å²) in [5, 5.41) is 15.6. The van der Waals surface area contributed by atoms with Crippen molar-refractivity contribution in [3.63, 3.8) is 0 Å². The topological polar surface area (TPSA) is 111 Å². The van der Waals surface area contributed by atoms with Crippen molar-refractivity contribution < 1.29 is 19.2 Å². The number of carbonyl (C=O) groups excluding carboxylic acids is 4. The van der Waals surface area contributed by atoms with Gasteiger partial charge in [0.25, 0.3) is 11.8 Å². The Bertz CT molecular complexity index is 1880. The van der Waals surface area contributed by atoms with Gasteiger partial charge < -0.3 is 0 Å². The molecular formula is C36H26N4O4. The predicted octanol–water partition coefficient (Wildman–Crippen LogP) is 4.29. The van der Waals surface area contributed by atoms with E-state index in [0.29, 0.717) is 0 Å². The van der Waals surface area contributed by atoms with Crippen LogP contribution < -0.4 is 4.90 Å². The summed E-state index contributed by atoms with van der Waals surface area (Å²) in [6.07, 6.45) is 7.51. The maximum Gasteiger partial charge on any atom is 0.254 e. The molecule has 2 aliphatic heterocycles. The van der Waals surface area contributed by atoms with Gasteiger partial charge in [0.1, 0.15) is 6.07 Å². The van der Waals surface area contributed by atoms with Crippen LogP contribution in [0.1, 0.15) is 46.6 Å². The van der Waals surface area contributed by atoms with E-state index in [1.807, 2.05) is 48.5 Å². The van der Waals surface area contributed by atoms with E-state index in [2.05, 4.69) is 18.2 Å². The predicted molar refractivity (Wildman–Crippen MR) is 159 cm³/mol. The number of benzene rings is 3. The van der Waals surface area contributed by atoms with Gasteiger partial charge >= 0.3 is 0 Å². The molecule has 4 bridgehead atoms. The second-order valence-corrected chi connectivity index (χ2v) is 12.7. The number of amides is 4. The van der Waals surface area contributed by atoms with E-state index in [9.17, 15) is 24.4 Å². The highest BCUT2D eigenvalue weighted by atomic mass is 16.2. The molecule has 6 aliphatic carbocycles. The number of fused-ring (bicyclic) bond motifs is 1. The van der Waals surface area contributed by atoms with Crippen LogP contribution in [0, 0.1) is 46.8 Å². The number of hydrogen-bond donors (Lipinski definition) is 0. The Hall–Kier alpha value is -5.16. The first-order valence-corrected chi connectivity index (χ1v) is 15.1. The smallest absolute Gasteiger partial charge is 0.254 e.